The molecule has 2 aromatic rings. The number of nitrogens with zero attached hydrogens (tertiary/aromatic N) is 2. The molecule has 4 rings (SSSR count). The highest BCUT2D eigenvalue weighted by atomic mass is 16.7. The van der Waals surface area contributed by atoms with Crippen molar-refractivity contribution in [2.24, 2.45) is 5.16 Å². The second kappa shape index (κ2) is 8.25. The van der Waals surface area contributed by atoms with Crippen molar-refractivity contribution in [3.8, 4) is 5.75 Å². The van der Waals surface area contributed by atoms with E-state index in [4.69, 9.17) is 9.57 Å². The number of piperidine rings is 1. The number of methoxy groups -OCH3 is 1. The molecule has 1 saturated heterocycles. The van der Waals surface area contributed by atoms with Crippen LogP contribution in [0.3, 0.4) is 0 Å². The van der Waals surface area contributed by atoms with E-state index in [9.17, 15) is 4.79 Å². The van der Waals surface area contributed by atoms with Gasteiger partial charge in [-0.1, -0.05) is 56.3 Å². The Morgan fingerprint density at radius 2 is 1.84 bits per heavy atom. The van der Waals surface area contributed by atoms with Crippen molar-refractivity contribution < 1.29 is 14.4 Å². The lowest BCUT2D eigenvalue weighted by Gasteiger charge is -2.37. The first-order valence-electron chi connectivity index (χ1n) is 10.8. The van der Waals surface area contributed by atoms with Gasteiger partial charge in [0, 0.05) is 44.1 Å². The summed E-state index contributed by atoms with van der Waals surface area (Å²) in [5.41, 5.74) is 3.97. The number of hydrogen-bond acceptors (Lipinski definition) is 4. The van der Waals surface area contributed by atoms with Gasteiger partial charge in [0.1, 0.15) is 11.4 Å². The lowest BCUT2D eigenvalue weighted by Crippen LogP contribution is -2.48. The number of benzene rings is 2. The Balaban J connectivity index is 1.33. The molecular formula is C25H31N3O3. The van der Waals surface area contributed by atoms with Crippen LogP contribution in [-0.2, 0) is 10.3 Å². The molecule has 0 aromatic heterocycles. The molecule has 0 unspecified atom stereocenters. The van der Waals surface area contributed by atoms with E-state index in [0.717, 1.165) is 42.0 Å². The number of ether oxygens (including phenoxy) is 1. The maximum atomic E-state index is 12.7. The number of oxime groups is 1. The summed E-state index contributed by atoms with van der Waals surface area (Å²) in [4.78, 5) is 20.4. The van der Waals surface area contributed by atoms with Crippen LogP contribution in [-0.4, -0.2) is 42.4 Å². The highest BCUT2D eigenvalue weighted by Crippen LogP contribution is 2.36. The largest absolute Gasteiger partial charge is 0.497 e. The van der Waals surface area contributed by atoms with Crippen LogP contribution in [0.4, 0.5) is 10.5 Å². The first-order chi connectivity index (χ1) is 14.8. The predicted molar refractivity (Wildman–Crippen MR) is 123 cm³/mol. The molecule has 1 N–H and O–H groups in total. The average molecular weight is 422 g/mol. The van der Waals surface area contributed by atoms with Gasteiger partial charge in [-0.05, 0) is 28.7 Å². The highest BCUT2D eigenvalue weighted by Gasteiger charge is 2.43. The zero-order valence-electron chi connectivity index (χ0n) is 18.8. The highest BCUT2D eigenvalue weighted by molar-refractivity contribution is 6.01. The molecule has 0 radical (unpaired) electrons. The molecule has 6 heteroatoms. The molecule has 31 heavy (non-hydrogen) atoms. The van der Waals surface area contributed by atoms with Gasteiger partial charge in [0.05, 0.1) is 12.8 Å². The van der Waals surface area contributed by atoms with Gasteiger partial charge >= 0.3 is 6.03 Å². The first-order valence-corrected chi connectivity index (χ1v) is 10.8. The monoisotopic (exact) mass is 421 g/mol. The Bertz CT molecular complexity index is 968. The Morgan fingerprint density at radius 3 is 2.48 bits per heavy atom. The summed E-state index contributed by atoms with van der Waals surface area (Å²) in [7, 11) is 1.61. The minimum atomic E-state index is -0.301. The maximum absolute atomic E-state index is 12.7. The molecule has 0 saturated carbocycles. The van der Waals surface area contributed by atoms with Gasteiger partial charge in [-0.15, -0.1) is 0 Å². The number of hydrogen-bond donors (Lipinski definition) is 1. The molecular weight excluding hydrogens is 390 g/mol. The summed E-state index contributed by atoms with van der Waals surface area (Å²) < 4.78 is 5.22. The predicted octanol–water partition coefficient (Wildman–Crippen LogP) is 5.18. The van der Waals surface area contributed by atoms with Crippen LogP contribution in [0.25, 0.3) is 0 Å². The third kappa shape index (κ3) is 4.68. The van der Waals surface area contributed by atoms with Crippen LogP contribution in [0.2, 0.25) is 0 Å². The molecule has 164 valence electrons. The fourth-order valence-corrected chi connectivity index (χ4v) is 4.13. The number of anilines is 1. The summed E-state index contributed by atoms with van der Waals surface area (Å²) in [6.45, 7) is 7.92. The van der Waals surface area contributed by atoms with Gasteiger partial charge in [0.2, 0.25) is 0 Å². The normalized spacial score (nSPS) is 17.8. The Morgan fingerprint density at radius 1 is 1.13 bits per heavy atom. The molecule has 2 amide bonds. The zero-order valence-corrected chi connectivity index (χ0v) is 18.8. The summed E-state index contributed by atoms with van der Waals surface area (Å²) in [5.74, 6) is 0.718. The molecule has 2 aromatic carbocycles. The van der Waals surface area contributed by atoms with Crippen molar-refractivity contribution in [2.45, 2.75) is 51.0 Å². The minimum absolute atomic E-state index is 0.0972. The molecule has 2 heterocycles. The molecule has 6 nitrogen and oxygen atoms in total. The summed E-state index contributed by atoms with van der Waals surface area (Å²) in [6, 6.07) is 15.9. The Kier molecular flexibility index (Phi) is 5.65. The fraction of sp³-hybridized carbons (Fsp3) is 0.440. The van der Waals surface area contributed by atoms with Crippen LogP contribution < -0.4 is 10.1 Å². The van der Waals surface area contributed by atoms with Crippen molar-refractivity contribution in [3.05, 3.63) is 59.7 Å². The van der Waals surface area contributed by atoms with Gasteiger partial charge in [0.15, 0.2) is 0 Å². The van der Waals surface area contributed by atoms with Crippen LogP contribution >= 0.6 is 0 Å². The number of nitrogens with one attached hydrogen (secondary N) is 1. The second-order valence-electron chi connectivity index (χ2n) is 9.47. The van der Waals surface area contributed by atoms with Crippen LogP contribution in [0.15, 0.2) is 53.7 Å². The molecule has 2 aliphatic heterocycles. The number of rotatable bonds is 3. The van der Waals surface area contributed by atoms with Gasteiger partial charge in [-0.25, -0.2) is 4.79 Å². The van der Waals surface area contributed by atoms with Gasteiger partial charge in [-0.3, -0.25) is 0 Å². The van der Waals surface area contributed by atoms with E-state index < -0.39 is 0 Å². The summed E-state index contributed by atoms with van der Waals surface area (Å²) in [5, 5.41) is 7.37. The van der Waals surface area contributed by atoms with E-state index in [0.29, 0.717) is 13.1 Å². The minimum Gasteiger partial charge on any atom is -0.497 e. The van der Waals surface area contributed by atoms with Crippen molar-refractivity contribution in [1.82, 2.24) is 4.90 Å². The average Bonchev–Trinajstić information content (AvgIpc) is 3.17. The molecule has 1 fully saturated rings. The topological polar surface area (TPSA) is 63.2 Å². The SMILES string of the molecule is COc1cccc(NC(=O)N2CCC3(CC2)CC(c2ccc(C(C)(C)C)cc2)=NO3)c1. The molecule has 1 spiro atoms. The van der Waals surface area contributed by atoms with Crippen molar-refractivity contribution in [1.29, 1.82) is 0 Å². The van der Waals surface area contributed by atoms with Crippen LogP contribution in [0.5, 0.6) is 5.75 Å². The third-order valence-corrected chi connectivity index (χ3v) is 6.21. The maximum Gasteiger partial charge on any atom is 0.321 e. The van der Waals surface area contributed by atoms with Crippen molar-refractivity contribution in [3.63, 3.8) is 0 Å². The van der Waals surface area contributed by atoms with Crippen molar-refractivity contribution >= 4 is 17.4 Å². The Labute approximate surface area is 184 Å². The van der Waals surface area contributed by atoms with E-state index in [1.807, 2.05) is 29.2 Å². The number of carbonyl (C=O) groups excluding carboxylic acids is 1. The molecule has 0 aliphatic carbocycles. The summed E-state index contributed by atoms with van der Waals surface area (Å²) >= 11 is 0. The van der Waals surface area contributed by atoms with Crippen LogP contribution in [0, 0.1) is 0 Å². The van der Waals surface area contributed by atoms with E-state index in [1.54, 1.807) is 7.11 Å². The molecule has 0 atom stereocenters. The first kappa shape index (κ1) is 21.2. The van der Waals surface area contributed by atoms with E-state index in [1.165, 1.54) is 5.56 Å². The number of carbonyl (C=O) groups is 1. The number of likely N-dealkylation sites (tertiary alicyclic amines) is 1. The lowest BCUT2D eigenvalue weighted by molar-refractivity contribution is -0.0544. The van der Waals surface area contributed by atoms with Crippen molar-refractivity contribution in [2.75, 3.05) is 25.5 Å². The summed E-state index contributed by atoms with van der Waals surface area (Å²) in [6.07, 6.45) is 2.32. The van der Waals surface area contributed by atoms with E-state index >= 15 is 0 Å². The van der Waals surface area contributed by atoms with Gasteiger partial charge in [-0.2, -0.15) is 0 Å². The molecule has 2 aliphatic rings. The quantitative estimate of drug-likeness (QED) is 0.742. The standard InChI is InChI=1S/C25H31N3O3/c1-24(2,3)19-10-8-18(9-11-19)22-17-25(31-27-22)12-14-28(15-13-25)23(29)26-20-6-5-7-21(16-20)30-4/h5-11,16H,12-15,17H2,1-4H3,(H,26,29). The fourth-order valence-electron chi connectivity index (χ4n) is 4.13. The lowest BCUT2D eigenvalue weighted by atomic mass is 9.84. The Hall–Kier alpha value is -3.02. The van der Waals surface area contributed by atoms with Gasteiger partial charge < -0.3 is 19.8 Å². The number of amides is 2. The van der Waals surface area contributed by atoms with Gasteiger partial charge in [0.25, 0.3) is 0 Å². The zero-order chi connectivity index (χ0) is 22.1. The van der Waals surface area contributed by atoms with E-state index in [2.05, 4.69) is 55.5 Å². The third-order valence-electron chi connectivity index (χ3n) is 6.21. The van der Waals surface area contributed by atoms with E-state index in [-0.39, 0.29) is 17.0 Å². The number of urea groups is 1. The second-order valence-corrected chi connectivity index (χ2v) is 9.47. The smallest absolute Gasteiger partial charge is 0.321 e. The van der Waals surface area contributed by atoms with Crippen LogP contribution in [0.1, 0.15) is 51.2 Å². The molecule has 0 bridgehead atoms.